The maximum Gasteiger partial charge on any atom is 0.416 e. The van der Waals surface area contributed by atoms with E-state index < -0.39 is 23.6 Å². The molecule has 0 unspecified atom stereocenters. The zero-order valence-corrected chi connectivity index (χ0v) is 18.7. The van der Waals surface area contributed by atoms with E-state index in [1.807, 2.05) is 0 Å². The second kappa shape index (κ2) is 11.0. The van der Waals surface area contributed by atoms with Crippen LogP contribution in [0.15, 0.2) is 71.8 Å². The number of nitrogens with zero attached hydrogens (tertiary/aromatic N) is 1. The smallest absolute Gasteiger partial charge is 0.416 e. The second-order valence-corrected chi connectivity index (χ2v) is 7.63. The van der Waals surface area contributed by atoms with Gasteiger partial charge < -0.3 is 10.1 Å². The predicted molar refractivity (Wildman–Crippen MR) is 124 cm³/mol. The molecule has 6 nitrogen and oxygen atoms in total. The van der Waals surface area contributed by atoms with Crippen molar-refractivity contribution in [1.29, 1.82) is 0 Å². The molecule has 0 aliphatic rings. The fourth-order valence-electron chi connectivity index (χ4n) is 2.67. The summed E-state index contributed by atoms with van der Waals surface area (Å²) in [6, 6.07) is 15.1. The monoisotopic (exact) mass is 509 g/mol. The van der Waals surface area contributed by atoms with E-state index in [4.69, 9.17) is 27.9 Å². The molecule has 176 valence electrons. The van der Waals surface area contributed by atoms with Crippen molar-refractivity contribution in [2.24, 2.45) is 5.10 Å². The number of amides is 2. The van der Waals surface area contributed by atoms with Crippen LogP contribution in [0.25, 0.3) is 0 Å². The van der Waals surface area contributed by atoms with Crippen LogP contribution in [-0.4, -0.2) is 24.6 Å². The maximum absolute atomic E-state index is 12.8. The van der Waals surface area contributed by atoms with E-state index in [1.165, 1.54) is 18.3 Å². The van der Waals surface area contributed by atoms with Crippen molar-refractivity contribution in [2.75, 3.05) is 11.9 Å². The number of nitrogens with one attached hydrogen (secondary N) is 2. The van der Waals surface area contributed by atoms with Gasteiger partial charge in [0.05, 0.1) is 21.8 Å². The number of benzene rings is 3. The topological polar surface area (TPSA) is 79.8 Å². The van der Waals surface area contributed by atoms with Crippen molar-refractivity contribution >= 4 is 46.9 Å². The maximum atomic E-state index is 12.8. The van der Waals surface area contributed by atoms with Crippen molar-refractivity contribution in [2.45, 2.75) is 6.18 Å². The molecule has 0 bridgehead atoms. The van der Waals surface area contributed by atoms with Gasteiger partial charge in [0.25, 0.3) is 11.8 Å². The first-order valence-corrected chi connectivity index (χ1v) is 10.4. The van der Waals surface area contributed by atoms with Crippen molar-refractivity contribution in [1.82, 2.24) is 5.43 Å². The molecular weight excluding hydrogens is 494 g/mol. The molecule has 2 N–H and O–H groups in total. The number of alkyl halides is 3. The highest BCUT2D eigenvalue weighted by Crippen LogP contribution is 2.29. The third kappa shape index (κ3) is 7.23. The first-order valence-electron chi connectivity index (χ1n) is 9.60. The third-order valence-corrected chi connectivity index (χ3v) is 5.00. The summed E-state index contributed by atoms with van der Waals surface area (Å²) in [5.74, 6) is -0.864. The first kappa shape index (κ1) is 25.1. The normalized spacial score (nSPS) is 11.3. The van der Waals surface area contributed by atoms with Gasteiger partial charge in [0.1, 0.15) is 5.75 Å². The van der Waals surface area contributed by atoms with E-state index in [-0.39, 0.29) is 12.2 Å². The van der Waals surface area contributed by atoms with Crippen molar-refractivity contribution in [3.8, 4) is 5.75 Å². The molecule has 34 heavy (non-hydrogen) atoms. The summed E-state index contributed by atoms with van der Waals surface area (Å²) in [4.78, 5) is 24.1. The zero-order valence-electron chi connectivity index (χ0n) is 17.2. The fraction of sp³-hybridized carbons (Fsp3) is 0.0870. The molecule has 2 amide bonds. The molecule has 0 aromatic heterocycles. The quantitative estimate of drug-likeness (QED) is 0.312. The lowest BCUT2D eigenvalue weighted by atomic mass is 10.1. The number of carbonyl (C=O) groups is 2. The fourth-order valence-corrected chi connectivity index (χ4v) is 2.97. The Morgan fingerprint density at radius 1 is 0.971 bits per heavy atom. The summed E-state index contributed by atoms with van der Waals surface area (Å²) >= 11 is 11.7. The van der Waals surface area contributed by atoms with Gasteiger partial charge in [-0.3, -0.25) is 9.59 Å². The molecule has 3 rings (SSSR count). The van der Waals surface area contributed by atoms with Crippen molar-refractivity contribution in [3.05, 3.63) is 93.5 Å². The lowest BCUT2D eigenvalue weighted by Gasteiger charge is -2.09. The summed E-state index contributed by atoms with van der Waals surface area (Å²) in [5.41, 5.74) is 2.03. The Morgan fingerprint density at radius 3 is 2.47 bits per heavy atom. The minimum atomic E-state index is -4.56. The van der Waals surface area contributed by atoms with Crippen molar-refractivity contribution in [3.63, 3.8) is 0 Å². The lowest BCUT2D eigenvalue weighted by molar-refractivity contribution is -0.137. The summed E-state index contributed by atoms with van der Waals surface area (Å²) in [6.45, 7) is -0.285. The van der Waals surface area contributed by atoms with Gasteiger partial charge in [-0.1, -0.05) is 41.4 Å². The van der Waals surface area contributed by atoms with E-state index in [2.05, 4.69) is 15.8 Å². The van der Waals surface area contributed by atoms with Gasteiger partial charge >= 0.3 is 6.18 Å². The third-order valence-electron chi connectivity index (χ3n) is 4.26. The number of carbonyl (C=O) groups excluding carboxylic acids is 2. The van der Waals surface area contributed by atoms with Gasteiger partial charge in [-0.05, 0) is 54.1 Å². The Kier molecular flexibility index (Phi) is 8.14. The summed E-state index contributed by atoms with van der Waals surface area (Å²) in [6.07, 6.45) is -3.27. The van der Waals surface area contributed by atoms with Gasteiger partial charge in [-0.25, -0.2) is 5.43 Å². The molecule has 0 radical (unpaired) electrons. The highest BCUT2D eigenvalue weighted by Gasteiger charge is 2.30. The number of halogens is 5. The van der Waals surface area contributed by atoms with Gasteiger partial charge in [-0.15, -0.1) is 0 Å². The standard InChI is InChI=1S/C23H16Cl2F3N3O3/c24-19-8-7-17(11-20(19)25)30-21(32)13-34-18-6-1-3-14(9-18)12-29-31-22(33)15-4-2-5-16(10-15)23(26,27)28/h1-12H,13H2,(H,30,32)(H,31,33)/b29-12+. The number of anilines is 1. The summed E-state index contributed by atoms with van der Waals surface area (Å²) < 4.78 is 43.8. The highest BCUT2D eigenvalue weighted by atomic mass is 35.5. The zero-order chi connectivity index (χ0) is 24.7. The molecule has 0 saturated heterocycles. The summed E-state index contributed by atoms with van der Waals surface area (Å²) in [5, 5.41) is 7.03. The van der Waals surface area contributed by atoms with E-state index in [0.29, 0.717) is 27.0 Å². The number of hydrazone groups is 1. The second-order valence-electron chi connectivity index (χ2n) is 6.82. The molecular formula is C23H16Cl2F3N3O3. The molecule has 0 aliphatic heterocycles. The van der Waals surface area contributed by atoms with Crippen LogP contribution in [0.2, 0.25) is 10.0 Å². The van der Waals surface area contributed by atoms with Crippen LogP contribution < -0.4 is 15.5 Å². The lowest BCUT2D eigenvalue weighted by Crippen LogP contribution is -2.20. The average molecular weight is 510 g/mol. The molecule has 0 heterocycles. The molecule has 0 spiro atoms. The molecule has 3 aromatic rings. The van der Waals surface area contributed by atoms with Crippen LogP contribution in [0.5, 0.6) is 5.75 Å². The van der Waals surface area contributed by atoms with Gasteiger partial charge in [-0.2, -0.15) is 18.3 Å². The van der Waals surface area contributed by atoms with Gasteiger partial charge in [0, 0.05) is 11.3 Å². The number of hydrogen-bond acceptors (Lipinski definition) is 4. The number of ether oxygens (including phenoxy) is 1. The van der Waals surface area contributed by atoms with Crippen LogP contribution in [0.1, 0.15) is 21.5 Å². The molecule has 0 saturated carbocycles. The van der Waals surface area contributed by atoms with Crippen LogP contribution in [-0.2, 0) is 11.0 Å². The highest BCUT2D eigenvalue weighted by molar-refractivity contribution is 6.42. The van der Waals surface area contributed by atoms with Crippen LogP contribution in [0, 0.1) is 0 Å². The van der Waals surface area contributed by atoms with E-state index in [9.17, 15) is 22.8 Å². The van der Waals surface area contributed by atoms with Crippen LogP contribution in [0.3, 0.4) is 0 Å². The SMILES string of the molecule is O=C(COc1cccc(/C=N/NC(=O)c2cccc(C(F)(F)F)c2)c1)Nc1ccc(Cl)c(Cl)c1. The minimum absolute atomic E-state index is 0.183. The Labute approximate surface area is 202 Å². The molecule has 11 heteroatoms. The van der Waals surface area contributed by atoms with Crippen LogP contribution in [0.4, 0.5) is 18.9 Å². The Hall–Kier alpha value is -3.56. The van der Waals surface area contributed by atoms with Crippen molar-refractivity contribution < 1.29 is 27.5 Å². The van der Waals surface area contributed by atoms with Gasteiger partial charge in [0.15, 0.2) is 6.61 Å². The molecule has 0 fully saturated rings. The van der Waals surface area contributed by atoms with Gasteiger partial charge in [0.2, 0.25) is 0 Å². The van der Waals surface area contributed by atoms with E-state index in [0.717, 1.165) is 18.2 Å². The summed E-state index contributed by atoms with van der Waals surface area (Å²) in [7, 11) is 0. The molecule has 3 aromatic carbocycles. The number of hydrogen-bond donors (Lipinski definition) is 2. The molecule has 0 aliphatic carbocycles. The number of rotatable bonds is 7. The van der Waals surface area contributed by atoms with Crippen LogP contribution >= 0.6 is 23.2 Å². The average Bonchev–Trinajstić information content (AvgIpc) is 2.80. The van der Waals surface area contributed by atoms with E-state index >= 15 is 0 Å². The first-order chi connectivity index (χ1) is 16.1. The Balaban J connectivity index is 1.54. The largest absolute Gasteiger partial charge is 0.484 e. The minimum Gasteiger partial charge on any atom is -0.484 e. The Bertz CT molecular complexity index is 1230. The Morgan fingerprint density at radius 2 is 1.74 bits per heavy atom. The predicted octanol–water partition coefficient (Wildman–Crippen LogP) is 5.79. The molecule has 0 atom stereocenters. The van der Waals surface area contributed by atoms with E-state index in [1.54, 1.807) is 36.4 Å².